The standard InChI is InChI=1S/C7H12N4O/c1-12-7-10-4-2-6(11-7)9-5-3-8/h2,4H,3,5,8H2,1H3,(H,9,10,11). The first-order valence-electron chi connectivity index (χ1n) is 3.68. The van der Waals surface area contributed by atoms with Crippen molar-refractivity contribution >= 4 is 5.82 Å². The second-order valence-corrected chi connectivity index (χ2v) is 2.14. The third kappa shape index (κ3) is 2.35. The number of anilines is 1. The normalized spacial score (nSPS) is 9.50. The molecular weight excluding hydrogens is 156 g/mol. The lowest BCUT2D eigenvalue weighted by atomic mass is 10.5. The van der Waals surface area contributed by atoms with Gasteiger partial charge in [-0.3, -0.25) is 0 Å². The van der Waals surface area contributed by atoms with Crippen molar-refractivity contribution in [3.63, 3.8) is 0 Å². The number of nitrogens with zero attached hydrogens (tertiary/aromatic N) is 2. The lowest BCUT2D eigenvalue weighted by Gasteiger charge is -2.03. The van der Waals surface area contributed by atoms with Crippen molar-refractivity contribution in [1.29, 1.82) is 0 Å². The molecule has 12 heavy (non-hydrogen) atoms. The molecule has 1 aromatic heterocycles. The summed E-state index contributed by atoms with van der Waals surface area (Å²) in [6.07, 6.45) is 1.63. The summed E-state index contributed by atoms with van der Waals surface area (Å²) < 4.78 is 4.84. The van der Waals surface area contributed by atoms with Crippen LogP contribution in [0.5, 0.6) is 6.01 Å². The molecule has 66 valence electrons. The number of hydrogen-bond acceptors (Lipinski definition) is 5. The van der Waals surface area contributed by atoms with E-state index < -0.39 is 0 Å². The van der Waals surface area contributed by atoms with Crippen LogP contribution in [0.1, 0.15) is 0 Å². The van der Waals surface area contributed by atoms with Crippen molar-refractivity contribution in [2.75, 3.05) is 25.5 Å². The highest BCUT2D eigenvalue weighted by Gasteiger charge is 1.95. The van der Waals surface area contributed by atoms with Gasteiger partial charge in [0.2, 0.25) is 0 Å². The van der Waals surface area contributed by atoms with Crippen LogP contribution in [-0.2, 0) is 0 Å². The maximum absolute atomic E-state index is 5.31. The molecule has 0 spiro atoms. The lowest BCUT2D eigenvalue weighted by molar-refractivity contribution is 0.380. The molecule has 0 saturated carbocycles. The molecule has 0 unspecified atom stereocenters. The Hall–Kier alpha value is -1.36. The zero-order valence-corrected chi connectivity index (χ0v) is 6.95. The van der Waals surface area contributed by atoms with E-state index in [0.29, 0.717) is 19.1 Å². The van der Waals surface area contributed by atoms with Crippen molar-refractivity contribution in [3.05, 3.63) is 12.3 Å². The predicted molar refractivity (Wildman–Crippen MR) is 46.1 cm³/mol. The summed E-state index contributed by atoms with van der Waals surface area (Å²) in [5.74, 6) is 0.729. The fraction of sp³-hybridized carbons (Fsp3) is 0.429. The van der Waals surface area contributed by atoms with E-state index in [0.717, 1.165) is 5.82 Å². The van der Waals surface area contributed by atoms with E-state index in [9.17, 15) is 0 Å². The van der Waals surface area contributed by atoms with E-state index in [1.807, 2.05) is 0 Å². The van der Waals surface area contributed by atoms with Crippen molar-refractivity contribution < 1.29 is 4.74 Å². The Morgan fingerprint density at radius 2 is 2.50 bits per heavy atom. The van der Waals surface area contributed by atoms with Crippen molar-refractivity contribution in [2.24, 2.45) is 5.73 Å². The first-order chi connectivity index (χ1) is 5.86. The van der Waals surface area contributed by atoms with Gasteiger partial charge >= 0.3 is 6.01 Å². The van der Waals surface area contributed by atoms with Gasteiger partial charge in [-0.15, -0.1) is 0 Å². The smallest absolute Gasteiger partial charge is 0.318 e. The topological polar surface area (TPSA) is 73.1 Å². The minimum absolute atomic E-state index is 0.358. The van der Waals surface area contributed by atoms with Crippen LogP contribution in [0.25, 0.3) is 0 Å². The molecule has 3 N–H and O–H groups in total. The van der Waals surface area contributed by atoms with Gasteiger partial charge in [0.15, 0.2) is 0 Å². The van der Waals surface area contributed by atoms with Gasteiger partial charge in [0, 0.05) is 19.3 Å². The molecule has 0 fully saturated rings. The fourth-order valence-electron chi connectivity index (χ4n) is 0.738. The molecule has 0 aromatic carbocycles. The largest absolute Gasteiger partial charge is 0.467 e. The average molecular weight is 168 g/mol. The van der Waals surface area contributed by atoms with Crippen molar-refractivity contribution in [3.8, 4) is 6.01 Å². The monoisotopic (exact) mass is 168 g/mol. The second-order valence-electron chi connectivity index (χ2n) is 2.14. The van der Waals surface area contributed by atoms with E-state index in [1.54, 1.807) is 12.3 Å². The first kappa shape index (κ1) is 8.73. The highest BCUT2D eigenvalue weighted by atomic mass is 16.5. The Bertz CT molecular complexity index is 241. The Labute approximate surface area is 71.0 Å². The summed E-state index contributed by atoms with van der Waals surface area (Å²) in [6.45, 7) is 1.27. The van der Waals surface area contributed by atoms with Gasteiger partial charge in [-0.1, -0.05) is 0 Å². The van der Waals surface area contributed by atoms with Gasteiger partial charge in [-0.25, -0.2) is 4.98 Å². The van der Waals surface area contributed by atoms with Crippen LogP contribution in [-0.4, -0.2) is 30.2 Å². The minimum atomic E-state index is 0.358. The molecule has 5 heteroatoms. The van der Waals surface area contributed by atoms with Crippen LogP contribution >= 0.6 is 0 Å². The second kappa shape index (κ2) is 4.50. The minimum Gasteiger partial charge on any atom is -0.467 e. The van der Waals surface area contributed by atoms with Crippen LogP contribution in [0.4, 0.5) is 5.82 Å². The zero-order chi connectivity index (χ0) is 8.81. The lowest BCUT2D eigenvalue weighted by Crippen LogP contribution is -2.14. The maximum atomic E-state index is 5.31. The van der Waals surface area contributed by atoms with E-state index in [-0.39, 0.29) is 0 Å². The SMILES string of the molecule is COc1nccc(NCCN)n1. The molecule has 1 rings (SSSR count). The number of nitrogens with one attached hydrogen (secondary N) is 1. The Balaban J connectivity index is 2.60. The summed E-state index contributed by atoms with van der Waals surface area (Å²) >= 11 is 0. The van der Waals surface area contributed by atoms with E-state index >= 15 is 0 Å². The number of aromatic nitrogens is 2. The predicted octanol–water partition coefficient (Wildman–Crippen LogP) is -0.144. The molecule has 0 aliphatic heterocycles. The molecule has 0 bridgehead atoms. The van der Waals surface area contributed by atoms with Gasteiger partial charge in [-0.05, 0) is 6.07 Å². The number of hydrogen-bond donors (Lipinski definition) is 2. The van der Waals surface area contributed by atoms with Gasteiger partial charge in [0.1, 0.15) is 5.82 Å². The summed E-state index contributed by atoms with van der Waals surface area (Å²) in [7, 11) is 1.53. The number of ether oxygens (including phenoxy) is 1. The number of rotatable bonds is 4. The molecule has 1 aromatic rings. The molecule has 1 heterocycles. The highest BCUT2D eigenvalue weighted by molar-refractivity contribution is 5.33. The van der Waals surface area contributed by atoms with Crippen LogP contribution in [0.3, 0.4) is 0 Å². The molecular formula is C7H12N4O. The van der Waals surface area contributed by atoms with Gasteiger partial charge in [0.05, 0.1) is 7.11 Å². The molecule has 0 amide bonds. The quantitative estimate of drug-likeness (QED) is 0.654. The molecule has 0 aliphatic rings. The summed E-state index contributed by atoms with van der Waals surface area (Å²) in [4.78, 5) is 7.89. The zero-order valence-electron chi connectivity index (χ0n) is 6.95. The summed E-state index contributed by atoms with van der Waals surface area (Å²) in [5, 5.41) is 3.01. The maximum Gasteiger partial charge on any atom is 0.318 e. The third-order valence-corrected chi connectivity index (χ3v) is 1.27. The van der Waals surface area contributed by atoms with Crippen LogP contribution in [0.15, 0.2) is 12.3 Å². The average Bonchev–Trinajstić information content (AvgIpc) is 2.15. The van der Waals surface area contributed by atoms with Gasteiger partial charge in [-0.2, -0.15) is 4.98 Å². The Morgan fingerprint density at radius 3 is 3.17 bits per heavy atom. The van der Waals surface area contributed by atoms with Crippen LogP contribution < -0.4 is 15.8 Å². The van der Waals surface area contributed by atoms with Crippen LogP contribution in [0.2, 0.25) is 0 Å². The molecule has 0 radical (unpaired) electrons. The summed E-state index contributed by atoms with van der Waals surface area (Å²) in [5.41, 5.74) is 5.31. The van der Waals surface area contributed by atoms with Crippen LogP contribution in [0, 0.1) is 0 Å². The van der Waals surface area contributed by atoms with E-state index in [1.165, 1.54) is 7.11 Å². The fourth-order valence-corrected chi connectivity index (χ4v) is 0.738. The van der Waals surface area contributed by atoms with Crippen molar-refractivity contribution in [1.82, 2.24) is 9.97 Å². The van der Waals surface area contributed by atoms with E-state index in [4.69, 9.17) is 10.5 Å². The summed E-state index contributed by atoms with van der Waals surface area (Å²) in [6, 6.07) is 2.12. The Kier molecular flexibility index (Phi) is 3.28. The highest BCUT2D eigenvalue weighted by Crippen LogP contribution is 2.05. The number of methoxy groups -OCH3 is 1. The number of nitrogens with two attached hydrogens (primary N) is 1. The van der Waals surface area contributed by atoms with Gasteiger partial charge in [0.25, 0.3) is 0 Å². The molecule has 0 atom stereocenters. The Morgan fingerprint density at radius 1 is 1.67 bits per heavy atom. The van der Waals surface area contributed by atoms with E-state index in [2.05, 4.69) is 15.3 Å². The molecule has 5 nitrogen and oxygen atoms in total. The van der Waals surface area contributed by atoms with Gasteiger partial charge < -0.3 is 15.8 Å². The first-order valence-corrected chi connectivity index (χ1v) is 3.68. The van der Waals surface area contributed by atoms with Crippen molar-refractivity contribution in [2.45, 2.75) is 0 Å². The third-order valence-electron chi connectivity index (χ3n) is 1.27. The molecule has 0 aliphatic carbocycles. The molecule has 0 saturated heterocycles.